The van der Waals surface area contributed by atoms with Gasteiger partial charge in [-0.2, -0.15) is 28.5 Å². The molecule has 0 saturated heterocycles. The van der Waals surface area contributed by atoms with Crippen molar-refractivity contribution in [1.82, 2.24) is 19.7 Å². The zero-order chi connectivity index (χ0) is 20.3. The molecule has 0 fully saturated rings. The number of rotatable bonds is 5. The lowest BCUT2D eigenvalue weighted by Gasteiger charge is -2.13. The average Bonchev–Trinajstić information content (AvgIpc) is 3.02. The highest BCUT2D eigenvalue weighted by atomic mass is 19.4. The van der Waals surface area contributed by atoms with Crippen molar-refractivity contribution in [2.45, 2.75) is 20.0 Å². The Balaban J connectivity index is 1.89. The second-order valence-corrected chi connectivity index (χ2v) is 5.82. The molecule has 0 spiro atoms. The van der Waals surface area contributed by atoms with E-state index in [-0.39, 0.29) is 18.3 Å². The second kappa shape index (κ2) is 7.56. The van der Waals surface area contributed by atoms with Gasteiger partial charge in [0.15, 0.2) is 0 Å². The lowest BCUT2D eigenvalue weighted by molar-refractivity contribution is -0.137. The van der Waals surface area contributed by atoms with Crippen molar-refractivity contribution in [3.8, 4) is 11.8 Å². The Morgan fingerprint density at radius 3 is 2.50 bits per heavy atom. The summed E-state index contributed by atoms with van der Waals surface area (Å²) in [6.45, 7) is 3.76. The Kier molecular flexibility index (Phi) is 5.17. The molecule has 0 atom stereocenters. The predicted molar refractivity (Wildman–Crippen MR) is 97.5 cm³/mol. The van der Waals surface area contributed by atoms with Crippen LogP contribution in [0.3, 0.4) is 0 Å². The van der Waals surface area contributed by atoms with Gasteiger partial charge in [-0.05, 0) is 38.1 Å². The zero-order valence-electron chi connectivity index (χ0n) is 15.0. The van der Waals surface area contributed by atoms with Crippen molar-refractivity contribution in [2.24, 2.45) is 0 Å². The zero-order valence-corrected chi connectivity index (χ0v) is 15.0. The van der Waals surface area contributed by atoms with E-state index < -0.39 is 11.7 Å². The second-order valence-electron chi connectivity index (χ2n) is 5.82. The number of nitrogens with one attached hydrogen (secondary N) is 2. The van der Waals surface area contributed by atoms with Gasteiger partial charge in [-0.1, -0.05) is 0 Å². The van der Waals surface area contributed by atoms with E-state index in [0.717, 1.165) is 11.9 Å². The maximum Gasteiger partial charge on any atom is 0.421 e. The molecule has 0 bridgehead atoms. The van der Waals surface area contributed by atoms with E-state index in [9.17, 15) is 13.2 Å². The first-order valence-electron chi connectivity index (χ1n) is 8.33. The molecule has 3 aromatic rings. The Bertz CT molecular complexity index is 1020. The maximum absolute atomic E-state index is 13.1. The van der Waals surface area contributed by atoms with E-state index in [4.69, 9.17) is 5.26 Å². The molecule has 10 heteroatoms. The fraction of sp³-hybridized carbons (Fsp3) is 0.222. The normalized spacial score (nSPS) is 11.1. The van der Waals surface area contributed by atoms with Gasteiger partial charge in [-0.25, -0.2) is 9.67 Å². The number of hydrogen-bond acceptors (Lipinski definition) is 6. The van der Waals surface area contributed by atoms with Crippen LogP contribution in [0, 0.1) is 18.3 Å². The lowest BCUT2D eigenvalue weighted by Crippen LogP contribution is -2.14. The van der Waals surface area contributed by atoms with E-state index in [1.165, 1.54) is 6.20 Å². The van der Waals surface area contributed by atoms with Crippen molar-refractivity contribution < 1.29 is 13.2 Å². The van der Waals surface area contributed by atoms with Crippen LogP contribution in [0.25, 0.3) is 5.69 Å². The molecule has 3 rings (SSSR count). The molecule has 0 radical (unpaired) electrons. The van der Waals surface area contributed by atoms with Crippen LogP contribution in [0.1, 0.15) is 23.7 Å². The molecule has 0 amide bonds. The Labute approximate surface area is 158 Å². The van der Waals surface area contributed by atoms with Gasteiger partial charge in [-0.3, -0.25) is 0 Å². The molecule has 28 heavy (non-hydrogen) atoms. The maximum atomic E-state index is 13.1. The minimum Gasteiger partial charge on any atom is -0.370 e. The third kappa shape index (κ3) is 3.88. The number of anilines is 3. The number of halogens is 3. The molecule has 2 heterocycles. The lowest BCUT2D eigenvalue weighted by atomic mass is 10.2. The number of alkyl halides is 3. The van der Waals surface area contributed by atoms with E-state index in [1.807, 2.05) is 6.07 Å². The summed E-state index contributed by atoms with van der Waals surface area (Å²) in [4.78, 5) is 7.72. The van der Waals surface area contributed by atoms with Crippen LogP contribution in [0.5, 0.6) is 0 Å². The summed E-state index contributed by atoms with van der Waals surface area (Å²) < 4.78 is 40.8. The van der Waals surface area contributed by atoms with Gasteiger partial charge in [0.2, 0.25) is 5.95 Å². The highest BCUT2D eigenvalue weighted by molar-refractivity contribution is 5.59. The van der Waals surface area contributed by atoms with Crippen LogP contribution in [0.4, 0.5) is 30.6 Å². The molecular weight excluding hydrogens is 371 g/mol. The molecule has 0 saturated carbocycles. The van der Waals surface area contributed by atoms with Crippen LogP contribution in [-0.4, -0.2) is 26.3 Å². The van der Waals surface area contributed by atoms with E-state index >= 15 is 0 Å². The number of hydrogen-bond donors (Lipinski definition) is 2. The van der Waals surface area contributed by atoms with E-state index in [2.05, 4.69) is 25.7 Å². The molecular formula is C18H16F3N7. The first-order chi connectivity index (χ1) is 13.3. The number of aromatic nitrogens is 4. The van der Waals surface area contributed by atoms with Crippen LogP contribution >= 0.6 is 0 Å². The van der Waals surface area contributed by atoms with Crippen molar-refractivity contribution >= 4 is 17.5 Å². The van der Waals surface area contributed by atoms with Crippen molar-refractivity contribution in [3.63, 3.8) is 0 Å². The minimum absolute atomic E-state index is 0.0198. The summed E-state index contributed by atoms with van der Waals surface area (Å²) in [6.07, 6.45) is -2.28. The number of nitrogens with zero attached hydrogens (tertiary/aromatic N) is 5. The van der Waals surface area contributed by atoms with Gasteiger partial charge in [0.05, 0.1) is 34.9 Å². The van der Waals surface area contributed by atoms with Crippen molar-refractivity contribution in [1.29, 1.82) is 5.26 Å². The highest BCUT2D eigenvalue weighted by Gasteiger charge is 2.35. The first-order valence-corrected chi connectivity index (χ1v) is 8.33. The SMILES string of the molecule is CCNc1nc(Nc2cnn(-c3ccc(C#N)cc3)c2C)ncc1C(F)(F)F. The third-order valence-corrected chi connectivity index (χ3v) is 3.94. The summed E-state index contributed by atoms with van der Waals surface area (Å²) in [5.74, 6) is -0.268. The summed E-state index contributed by atoms with van der Waals surface area (Å²) in [7, 11) is 0. The number of benzene rings is 1. The largest absolute Gasteiger partial charge is 0.421 e. The van der Waals surface area contributed by atoms with Crippen LogP contribution < -0.4 is 10.6 Å². The average molecular weight is 387 g/mol. The van der Waals surface area contributed by atoms with Crippen LogP contribution in [0.2, 0.25) is 0 Å². The molecule has 0 unspecified atom stereocenters. The van der Waals surface area contributed by atoms with Crippen LogP contribution in [-0.2, 0) is 6.18 Å². The summed E-state index contributed by atoms with van der Waals surface area (Å²) in [6, 6.07) is 8.89. The molecule has 2 aromatic heterocycles. The predicted octanol–water partition coefficient (Wildman–Crippen LogP) is 4.04. The number of nitriles is 1. The Morgan fingerprint density at radius 2 is 1.89 bits per heavy atom. The fourth-order valence-corrected chi connectivity index (χ4v) is 2.54. The van der Waals surface area contributed by atoms with Gasteiger partial charge < -0.3 is 10.6 Å². The van der Waals surface area contributed by atoms with Crippen molar-refractivity contribution in [3.05, 3.63) is 53.5 Å². The Morgan fingerprint density at radius 1 is 1.18 bits per heavy atom. The van der Waals surface area contributed by atoms with Gasteiger partial charge in [0.1, 0.15) is 11.4 Å². The monoisotopic (exact) mass is 387 g/mol. The van der Waals surface area contributed by atoms with Gasteiger partial charge in [0.25, 0.3) is 0 Å². The molecule has 1 aromatic carbocycles. The van der Waals surface area contributed by atoms with Crippen molar-refractivity contribution in [2.75, 3.05) is 17.2 Å². The minimum atomic E-state index is -4.55. The molecule has 7 nitrogen and oxygen atoms in total. The quantitative estimate of drug-likeness (QED) is 0.687. The third-order valence-electron chi connectivity index (χ3n) is 3.94. The fourth-order valence-electron chi connectivity index (χ4n) is 2.54. The highest BCUT2D eigenvalue weighted by Crippen LogP contribution is 2.34. The molecule has 0 aliphatic heterocycles. The summed E-state index contributed by atoms with van der Waals surface area (Å²) >= 11 is 0. The van der Waals surface area contributed by atoms with Gasteiger partial charge >= 0.3 is 6.18 Å². The van der Waals surface area contributed by atoms with Gasteiger partial charge in [0, 0.05) is 12.7 Å². The molecule has 2 N–H and O–H groups in total. The molecule has 0 aliphatic rings. The smallest absolute Gasteiger partial charge is 0.370 e. The molecule has 0 aliphatic carbocycles. The van der Waals surface area contributed by atoms with Gasteiger partial charge in [-0.15, -0.1) is 0 Å². The van der Waals surface area contributed by atoms with E-state index in [0.29, 0.717) is 16.9 Å². The Hall–Kier alpha value is -3.61. The first kappa shape index (κ1) is 19.2. The summed E-state index contributed by atoms with van der Waals surface area (Å²) in [5, 5.41) is 18.7. The topological polar surface area (TPSA) is 91.5 Å². The standard InChI is InChI=1S/C18H16F3N7/c1-3-23-16-14(18(19,20)21)9-24-17(27-16)26-15-10-25-28(11(15)2)13-6-4-12(8-22)5-7-13/h4-7,9-10H,3H2,1-2H3,(H2,23,24,26,27). The summed E-state index contributed by atoms with van der Waals surface area (Å²) in [5.41, 5.74) is 1.60. The van der Waals surface area contributed by atoms with Crippen LogP contribution in [0.15, 0.2) is 36.7 Å². The molecule has 144 valence electrons. The van der Waals surface area contributed by atoms with E-state index in [1.54, 1.807) is 42.8 Å².